The predicted molar refractivity (Wildman–Crippen MR) is 148 cm³/mol. The topological polar surface area (TPSA) is 77.8 Å². The molecule has 0 aromatic heterocycles. The van der Waals surface area contributed by atoms with E-state index in [2.05, 4.69) is 69.7 Å². The summed E-state index contributed by atoms with van der Waals surface area (Å²) in [7, 11) is 3.15. The quantitative estimate of drug-likeness (QED) is 0.332. The Labute approximate surface area is 224 Å². The third kappa shape index (κ3) is 6.34. The van der Waals surface area contributed by atoms with Crippen LogP contribution in [0.1, 0.15) is 35.7 Å². The Bertz CT molecular complexity index is 1240. The molecule has 0 saturated carbocycles. The van der Waals surface area contributed by atoms with Gasteiger partial charge < -0.3 is 19.7 Å². The fourth-order valence-electron chi connectivity index (χ4n) is 4.81. The van der Waals surface area contributed by atoms with Crippen LogP contribution in [0.25, 0.3) is 0 Å². The van der Waals surface area contributed by atoms with Gasteiger partial charge in [0.15, 0.2) is 11.5 Å². The van der Waals surface area contributed by atoms with E-state index in [0.29, 0.717) is 11.5 Å². The zero-order valence-electron chi connectivity index (χ0n) is 22.1. The molecule has 0 bridgehead atoms. The molecule has 4 rings (SSSR count). The van der Waals surface area contributed by atoms with Crippen LogP contribution in [0.15, 0.2) is 90.6 Å². The molecular weight excluding hydrogens is 476 g/mol. The minimum absolute atomic E-state index is 0.0912. The molecular formula is C31H34N4O3. The highest BCUT2D eigenvalue weighted by Crippen LogP contribution is 2.31. The summed E-state index contributed by atoms with van der Waals surface area (Å²) in [5.74, 6) is 0.807. The van der Waals surface area contributed by atoms with Crippen molar-refractivity contribution >= 4 is 5.91 Å². The highest BCUT2D eigenvalue weighted by molar-refractivity contribution is 5.97. The molecule has 1 amide bonds. The summed E-state index contributed by atoms with van der Waals surface area (Å²) in [6.45, 7) is 4.95. The van der Waals surface area contributed by atoms with Gasteiger partial charge in [0, 0.05) is 32.4 Å². The summed E-state index contributed by atoms with van der Waals surface area (Å²) in [5.41, 5.74) is 3.45. The molecule has 1 aliphatic rings. The Kier molecular flexibility index (Phi) is 9.02. The van der Waals surface area contributed by atoms with Crippen LogP contribution in [-0.2, 0) is 4.79 Å². The Hall–Kier alpha value is -4.28. The zero-order chi connectivity index (χ0) is 26.9. The SMILES string of the molecule is COc1ccc(C(C)NC(=O)/C(C#N)=C\N2CCN(C(c3ccccc3)c3ccccc3)CC2)cc1OC. The number of piperazine rings is 1. The van der Waals surface area contributed by atoms with Crippen LogP contribution in [0.4, 0.5) is 0 Å². The molecule has 38 heavy (non-hydrogen) atoms. The van der Waals surface area contributed by atoms with Gasteiger partial charge in [0.2, 0.25) is 0 Å². The third-order valence-electron chi connectivity index (χ3n) is 6.88. The molecule has 3 aromatic carbocycles. The maximum absolute atomic E-state index is 13.0. The van der Waals surface area contributed by atoms with Crippen LogP contribution < -0.4 is 14.8 Å². The summed E-state index contributed by atoms with van der Waals surface area (Å²) >= 11 is 0. The number of carbonyl (C=O) groups excluding carboxylic acids is 1. The van der Waals surface area contributed by atoms with Gasteiger partial charge in [0.25, 0.3) is 5.91 Å². The first-order chi connectivity index (χ1) is 18.5. The third-order valence-corrected chi connectivity index (χ3v) is 6.88. The lowest BCUT2D eigenvalue weighted by Gasteiger charge is -2.39. The number of ether oxygens (including phenoxy) is 2. The summed E-state index contributed by atoms with van der Waals surface area (Å²) in [6, 6.07) is 28.5. The summed E-state index contributed by atoms with van der Waals surface area (Å²) in [5, 5.41) is 12.7. The van der Waals surface area contributed by atoms with Gasteiger partial charge in [-0.25, -0.2) is 0 Å². The largest absolute Gasteiger partial charge is 0.493 e. The van der Waals surface area contributed by atoms with Gasteiger partial charge in [-0.05, 0) is 35.7 Å². The number of methoxy groups -OCH3 is 2. The first-order valence-electron chi connectivity index (χ1n) is 12.8. The van der Waals surface area contributed by atoms with Crippen molar-refractivity contribution in [1.29, 1.82) is 5.26 Å². The van der Waals surface area contributed by atoms with Crippen molar-refractivity contribution in [2.45, 2.75) is 19.0 Å². The van der Waals surface area contributed by atoms with Gasteiger partial charge in [-0.1, -0.05) is 66.7 Å². The van der Waals surface area contributed by atoms with E-state index in [0.717, 1.165) is 31.7 Å². The van der Waals surface area contributed by atoms with E-state index in [1.54, 1.807) is 26.5 Å². The summed E-state index contributed by atoms with van der Waals surface area (Å²) < 4.78 is 10.7. The number of amides is 1. The number of hydrogen-bond donors (Lipinski definition) is 1. The van der Waals surface area contributed by atoms with Crippen molar-refractivity contribution in [1.82, 2.24) is 15.1 Å². The lowest BCUT2D eigenvalue weighted by atomic mass is 9.96. The Morgan fingerprint density at radius 2 is 1.45 bits per heavy atom. The lowest BCUT2D eigenvalue weighted by Crippen LogP contribution is -2.46. The van der Waals surface area contributed by atoms with Gasteiger partial charge in [-0.2, -0.15) is 5.26 Å². The van der Waals surface area contributed by atoms with E-state index in [9.17, 15) is 10.1 Å². The standard InChI is InChI=1S/C31H34N4O3/c1-23(26-14-15-28(37-2)29(20-26)38-3)33-31(36)27(21-32)22-34-16-18-35(19-17-34)30(24-10-6-4-7-11-24)25-12-8-5-9-13-25/h4-15,20,22-23,30H,16-19H2,1-3H3,(H,33,36)/b27-22-. The number of nitrogens with zero attached hydrogens (tertiary/aromatic N) is 3. The van der Waals surface area contributed by atoms with Crippen LogP contribution >= 0.6 is 0 Å². The molecule has 0 aliphatic carbocycles. The molecule has 3 aromatic rings. The van der Waals surface area contributed by atoms with Crippen molar-refractivity contribution in [3.05, 3.63) is 107 Å². The molecule has 1 aliphatic heterocycles. The molecule has 1 heterocycles. The van der Waals surface area contributed by atoms with Gasteiger partial charge >= 0.3 is 0 Å². The van der Waals surface area contributed by atoms with Crippen LogP contribution in [0.2, 0.25) is 0 Å². The Balaban J connectivity index is 1.42. The second kappa shape index (κ2) is 12.8. The molecule has 7 nitrogen and oxygen atoms in total. The Morgan fingerprint density at radius 1 is 0.868 bits per heavy atom. The highest BCUT2D eigenvalue weighted by atomic mass is 16.5. The van der Waals surface area contributed by atoms with E-state index < -0.39 is 5.91 Å². The first-order valence-corrected chi connectivity index (χ1v) is 12.8. The van der Waals surface area contributed by atoms with E-state index in [1.165, 1.54) is 11.1 Å². The predicted octanol–water partition coefficient (Wildman–Crippen LogP) is 4.70. The van der Waals surface area contributed by atoms with Crippen molar-refractivity contribution in [2.24, 2.45) is 0 Å². The zero-order valence-corrected chi connectivity index (χ0v) is 22.1. The van der Waals surface area contributed by atoms with Crippen molar-refractivity contribution in [3.8, 4) is 17.6 Å². The van der Waals surface area contributed by atoms with Crippen LogP contribution in [-0.4, -0.2) is 56.1 Å². The highest BCUT2D eigenvalue weighted by Gasteiger charge is 2.26. The molecule has 1 unspecified atom stereocenters. The fraction of sp³-hybridized carbons (Fsp3) is 0.290. The average Bonchev–Trinajstić information content (AvgIpc) is 2.97. The molecule has 196 valence electrons. The maximum Gasteiger partial charge on any atom is 0.263 e. The number of rotatable bonds is 9. The van der Waals surface area contributed by atoms with Gasteiger partial charge in [0.05, 0.1) is 26.3 Å². The lowest BCUT2D eigenvalue weighted by molar-refractivity contribution is -0.117. The second-order valence-corrected chi connectivity index (χ2v) is 9.26. The average molecular weight is 511 g/mol. The minimum atomic E-state index is -0.399. The summed E-state index contributed by atoms with van der Waals surface area (Å²) in [4.78, 5) is 17.5. The van der Waals surface area contributed by atoms with Gasteiger partial charge in [-0.3, -0.25) is 9.69 Å². The molecule has 1 fully saturated rings. The monoisotopic (exact) mass is 510 g/mol. The molecule has 1 saturated heterocycles. The van der Waals surface area contributed by atoms with E-state index in [-0.39, 0.29) is 17.7 Å². The van der Waals surface area contributed by atoms with Gasteiger partial charge in [0.1, 0.15) is 11.6 Å². The normalized spacial score (nSPS) is 15.0. The fourth-order valence-corrected chi connectivity index (χ4v) is 4.81. The van der Waals surface area contributed by atoms with Crippen molar-refractivity contribution in [3.63, 3.8) is 0 Å². The minimum Gasteiger partial charge on any atom is -0.493 e. The first kappa shape index (κ1) is 26.8. The van der Waals surface area contributed by atoms with E-state index in [1.807, 2.05) is 31.2 Å². The van der Waals surface area contributed by atoms with E-state index in [4.69, 9.17) is 9.47 Å². The van der Waals surface area contributed by atoms with Crippen molar-refractivity contribution in [2.75, 3.05) is 40.4 Å². The molecule has 0 radical (unpaired) electrons. The van der Waals surface area contributed by atoms with Crippen molar-refractivity contribution < 1.29 is 14.3 Å². The Morgan fingerprint density at radius 3 is 1.97 bits per heavy atom. The molecule has 1 atom stereocenters. The second-order valence-electron chi connectivity index (χ2n) is 9.26. The maximum atomic E-state index is 13.0. The van der Waals surface area contributed by atoms with Crippen LogP contribution in [0.5, 0.6) is 11.5 Å². The van der Waals surface area contributed by atoms with Gasteiger partial charge in [-0.15, -0.1) is 0 Å². The van der Waals surface area contributed by atoms with Crippen LogP contribution in [0.3, 0.4) is 0 Å². The number of nitrogens with one attached hydrogen (secondary N) is 1. The number of carbonyl (C=O) groups is 1. The number of benzene rings is 3. The molecule has 7 heteroatoms. The summed E-state index contributed by atoms with van der Waals surface area (Å²) in [6.07, 6.45) is 1.69. The van der Waals surface area contributed by atoms with E-state index >= 15 is 0 Å². The van der Waals surface area contributed by atoms with Crippen LogP contribution in [0, 0.1) is 11.3 Å². The number of nitriles is 1. The smallest absolute Gasteiger partial charge is 0.263 e. The molecule has 1 N–H and O–H groups in total. The molecule has 0 spiro atoms. The number of hydrogen-bond acceptors (Lipinski definition) is 6.